The van der Waals surface area contributed by atoms with Crippen molar-refractivity contribution in [3.63, 3.8) is 0 Å². The Morgan fingerprint density at radius 3 is 2.88 bits per heavy atom. The van der Waals surface area contributed by atoms with Crippen LogP contribution < -0.4 is 5.32 Å². The van der Waals surface area contributed by atoms with Crippen molar-refractivity contribution in [2.24, 2.45) is 0 Å². The van der Waals surface area contributed by atoms with Crippen molar-refractivity contribution < 1.29 is 14.2 Å². The molecular formula is C12H25NO3. The summed E-state index contributed by atoms with van der Waals surface area (Å²) in [6.45, 7) is 5.18. The van der Waals surface area contributed by atoms with Gasteiger partial charge in [-0.15, -0.1) is 0 Å². The molecule has 1 fully saturated rings. The van der Waals surface area contributed by atoms with Crippen molar-refractivity contribution in [1.82, 2.24) is 5.32 Å². The lowest BCUT2D eigenvalue weighted by atomic mass is 10.2. The highest BCUT2D eigenvalue weighted by atomic mass is 16.5. The fourth-order valence-electron chi connectivity index (χ4n) is 1.83. The molecule has 1 aliphatic rings. The third kappa shape index (κ3) is 7.17. The fourth-order valence-corrected chi connectivity index (χ4v) is 1.83. The number of rotatable bonds is 8. The Morgan fingerprint density at radius 2 is 2.00 bits per heavy atom. The summed E-state index contributed by atoms with van der Waals surface area (Å²) < 4.78 is 16.1. The maximum atomic E-state index is 5.77. The molecule has 0 aliphatic carbocycles. The highest BCUT2D eigenvalue weighted by molar-refractivity contribution is 4.66. The molecule has 1 aliphatic heterocycles. The third-order valence-corrected chi connectivity index (χ3v) is 2.74. The number of methoxy groups -OCH3 is 1. The number of hydrogen-bond donors (Lipinski definition) is 1. The van der Waals surface area contributed by atoms with E-state index in [4.69, 9.17) is 14.2 Å². The average molecular weight is 231 g/mol. The summed E-state index contributed by atoms with van der Waals surface area (Å²) in [5.41, 5.74) is 0. The monoisotopic (exact) mass is 231 g/mol. The molecule has 0 amide bonds. The van der Waals surface area contributed by atoms with Crippen LogP contribution in [-0.4, -0.2) is 52.7 Å². The SMILES string of the molecule is COCCCOCCOC1CCCNCC1. The standard InChI is InChI=1S/C12H25NO3/c1-14-8-3-9-15-10-11-16-12-4-2-6-13-7-5-12/h12-13H,2-11H2,1H3. The summed E-state index contributed by atoms with van der Waals surface area (Å²) in [5, 5.41) is 3.38. The number of hydrogen-bond acceptors (Lipinski definition) is 4. The van der Waals surface area contributed by atoms with Gasteiger partial charge >= 0.3 is 0 Å². The largest absolute Gasteiger partial charge is 0.385 e. The summed E-state index contributed by atoms with van der Waals surface area (Å²) in [7, 11) is 1.71. The van der Waals surface area contributed by atoms with Crippen LogP contribution in [0, 0.1) is 0 Å². The van der Waals surface area contributed by atoms with Gasteiger partial charge in [-0.2, -0.15) is 0 Å². The van der Waals surface area contributed by atoms with Gasteiger partial charge in [-0.05, 0) is 38.8 Å². The fraction of sp³-hybridized carbons (Fsp3) is 1.00. The second-order valence-corrected chi connectivity index (χ2v) is 4.13. The highest BCUT2D eigenvalue weighted by Crippen LogP contribution is 2.08. The van der Waals surface area contributed by atoms with Crippen LogP contribution in [-0.2, 0) is 14.2 Å². The predicted molar refractivity (Wildman–Crippen MR) is 63.8 cm³/mol. The molecule has 1 heterocycles. The van der Waals surface area contributed by atoms with Gasteiger partial charge in [-0.1, -0.05) is 0 Å². The zero-order chi connectivity index (χ0) is 11.5. The lowest BCUT2D eigenvalue weighted by Crippen LogP contribution is -2.19. The molecule has 0 aromatic carbocycles. The van der Waals surface area contributed by atoms with E-state index in [9.17, 15) is 0 Å². The van der Waals surface area contributed by atoms with Gasteiger partial charge in [-0.25, -0.2) is 0 Å². The van der Waals surface area contributed by atoms with Crippen LogP contribution in [0.2, 0.25) is 0 Å². The molecule has 1 saturated heterocycles. The van der Waals surface area contributed by atoms with Crippen LogP contribution in [0.4, 0.5) is 0 Å². The maximum Gasteiger partial charge on any atom is 0.0704 e. The van der Waals surface area contributed by atoms with Gasteiger partial charge in [0.25, 0.3) is 0 Å². The van der Waals surface area contributed by atoms with E-state index >= 15 is 0 Å². The molecule has 0 spiro atoms. The summed E-state index contributed by atoms with van der Waals surface area (Å²) in [6, 6.07) is 0. The van der Waals surface area contributed by atoms with Crippen LogP contribution in [0.15, 0.2) is 0 Å². The zero-order valence-electron chi connectivity index (χ0n) is 10.4. The van der Waals surface area contributed by atoms with E-state index in [2.05, 4.69) is 5.32 Å². The summed E-state index contributed by atoms with van der Waals surface area (Å²) in [4.78, 5) is 0. The Hall–Kier alpha value is -0.160. The van der Waals surface area contributed by atoms with Crippen LogP contribution in [0.1, 0.15) is 25.7 Å². The van der Waals surface area contributed by atoms with Crippen molar-refractivity contribution >= 4 is 0 Å². The van der Waals surface area contributed by atoms with E-state index in [0.717, 1.165) is 45.8 Å². The summed E-state index contributed by atoms with van der Waals surface area (Å²) in [6.07, 6.45) is 4.92. The second-order valence-electron chi connectivity index (χ2n) is 4.13. The van der Waals surface area contributed by atoms with Crippen LogP contribution in [0.5, 0.6) is 0 Å². The van der Waals surface area contributed by atoms with E-state index in [-0.39, 0.29) is 0 Å². The normalized spacial score (nSPS) is 21.9. The molecular weight excluding hydrogens is 206 g/mol. The second kappa shape index (κ2) is 10.0. The van der Waals surface area contributed by atoms with E-state index < -0.39 is 0 Å². The van der Waals surface area contributed by atoms with Crippen molar-refractivity contribution in [2.45, 2.75) is 31.8 Å². The molecule has 1 unspecified atom stereocenters. The van der Waals surface area contributed by atoms with Crippen molar-refractivity contribution in [3.8, 4) is 0 Å². The molecule has 4 heteroatoms. The maximum absolute atomic E-state index is 5.77. The van der Waals surface area contributed by atoms with Crippen LogP contribution in [0.3, 0.4) is 0 Å². The van der Waals surface area contributed by atoms with Crippen molar-refractivity contribution in [2.75, 3.05) is 46.6 Å². The summed E-state index contributed by atoms with van der Waals surface area (Å²) in [5.74, 6) is 0. The molecule has 96 valence electrons. The van der Waals surface area contributed by atoms with Gasteiger partial charge in [0.1, 0.15) is 0 Å². The molecule has 0 aromatic rings. The molecule has 1 N–H and O–H groups in total. The van der Waals surface area contributed by atoms with Gasteiger partial charge < -0.3 is 19.5 Å². The Kier molecular flexibility index (Phi) is 8.71. The quantitative estimate of drug-likeness (QED) is 0.637. The molecule has 4 nitrogen and oxygen atoms in total. The lowest BCUT2D eigenvalue weighted by Gasteiger charge is -2.14. The Morgan fingerprint density at radius 1 is 1.06 bits per heavy atom. The minimum atomic E-state index is 0.428. The molecule has 0 bridgehead atoms. The smallest absolute Gasteiger partial charge is 0.0704 e. The van der Waals surface area contributed by atoms with E-state index in [0.29, 0.717) is 12.7 Å². The van der Waals surface area contributed by atoms with Crippen LogP contribution in [0.25, 0.3) is 0 Å². The van der Waals surface area contributed by atoms with Gasteiger partial charge in [0.15, 0.2) is 0 Å². The number of nitrogens with one attached hydrogen (secondary N) is 1. The Labute approximate surface area is 98.6 Å². The molecule has 0 radical (unpaired) electrons. The van der Waals surface area contributed by atoms with E-state index in [1.807, 2.05) is 0 Å². The Bertz CT molecular complexity index is 147. The molecule has 1 rings (SSSR count). The Balaban J connectivity index is 1.86. The van der Waals surface area contributed by atoms with Gasteiger partial charge in [0.2, 0.25) is 0 Å². The first-order valence-electron chi connectivity index (χ1n) is 6.32. The molecule has 0 aromatic heterocycles. The molecule has 16 heavy (non-hydrogen) atoms. The third-order valence-electron chi connectivity index (χ3n) is 2.74. The van der Waals surface area contributed by atoms with Gasteiger partial charge in [-0.3, -0.25) is 0 Å². The molecule has 0 saturated carbocycles. The van der Waals surface area contributed by atoms with Crippen LogP contribution >= 0.6 is 0 Å². The zero-order valence-corrected chi connectivity index (χ0v) is 10.4. The van der Waals surface area contributed by atoms with E-state index in [1.54, 1.807) is 7.11 Å². The predicted octanol–water partition coefficient (Wildman–Crippen LogP) is 1.20. The average Bonchev–Trinajstić information content (AvgIpc) is 2.56. The molecule has 1 atom stereocenters. The first kappa shape index (κ1) is 13.9. The topological polar surface area (TPSA) is 39.7 Å². The van der Waals surface area contributed by atoms with Crippen molar-refractivity contribution in [3.05, 3.63) is 0 Å². The highest BCUT2D eigenvalue weighted by Gasteiger charge is 2.11. The summed E-state index contributed by atoms with van der Waals surface area (Å²) >= 11 is 0. The van der Waals surface area contributed by atoms with Crippen molar-refractivity contribution in [1.29, 1.82) is 0 Å². The minimum absolute atomic E-state index is 0.428. The van der Waals surface area contributed by atoms with Gasteiger partial charge in [0.05, 0.1) is 19.3 Å². The first-order chi connectivity index (χ1) is 7.93. The van der Waals surface area contributed by atoms with Gasteiger partial charge in [0, 0.05) is 20.3 Å². The number of ether oxygens (including phenoxy) is 3. The first-order valence-corrected chi connectivity index (χ1v) is 6.32. The van der Waals surface area contributed by atoms with E-state index in [1.165, 1.54) is 12.8 Å². The lowest BCUT2D eigenvalue weighted by molar-refractivity contribution is -0.00282. The minimum Gasteiger partial charge on any atom is -0.385 e.